The summed E-state index contributed by atoms with van der Waals surface area (Å²) in [6.07, 6.45) is 2.15. The van der Waals surface area contributed by atoms with Crippen LogP contribution >= 0.6 is 0 Å². The van der Waals surface area contributed by atoms with Crippen LogP contribution < -0.4 is 10.6 Å². The predicted octanol–water partition coefficient (Wildman–Crippen LogP) is 3.09. The predicted molar refractivity (Wildman–Crippen MR) is 81.5 cm³/mol. The maximum Gasteiger partial charge on any atom is 0.222 e. The zero-order valence-corrected chi connectivity index (χ0v) is 12.1. The van der Waals surface area contributed by atoms with E-state index in [1.54, 1.807) is 6.08 Å². The molecule has 0 aliphatic rings. The third-order valence-electron chi connectivity index (χ3n) is 2.85. The highest BCUT2D eigenvalue weighted by atomic mass is 16.1. The first-order chi connectivity index (χ1) is 8.95. The van der Waals surface area contributed by atoms with Crippen LogP contribution in [0.4, 0.5) is 5.69 Å². The fraction of sp³-hybridized carbons (Fsp3) is 0.438. The number of rotatable bonds is 6. The van der Waals surface area contributed by atoms with Gasteiger partial charge in [0.15, 0.2) is 0 Å². The third-order valence-corrected chi connectivity index (χ3v) is 2.85. The molecule has 0 aromatic heterocycles. The molecule has 2 N–H and O–H groups in total. The average Bonchev–Trinajstić information content (AvgIpc) is 2.35. The van der Waals surface area contributed by atoms with E-state index in [2.05, 4.69) is 50.1 Å². The Morgan fingerprint density at radius 1 is 1.32 bits per heavy atom. The van der Waals surface area contributed by atoms with E-state index in [0.717, 1.165) is 5.69 Å². The maximum atomic E-state index is 11.5. The Labute approximate surface area is 116 Å². The van der Waals surface area contributed by atoms with Crippen molar-refractivity contribution in [3.05, 3.63) is 42.5 Å². The summed E-state index contributed by atoms with van der Waals surface area (Å²) in [5, 5.41) is 6.11. The van der Waals surface area contributed by atoms with Crippen molar-refractivity contribution >= 4 is 11.6 Å². The SMILES string of the molecule is C=CCNC(=O)CCNc1ccccc1C(C)(C)C. The summed E-state index contributed by atoms with van der Waals surface area (Å²) in [6.45, 7) is 11.3. The fourth-order valence-corrected chi connectivity index (χ4v) is 1.88. The van der Waals surface area contributed by atoms with Crippen LogP contribution in [0.1, 0.15) is 32.8 Å². The quantitative estimate of drug-likeness (QED) is 0.772. The highest BCUT2D eigenvalue weighted by molar-refractivity contribution is 5.76. The minimum atomic E-state index is 0.0423. The minimum absolute atomic E-state index is 0.0423. The number of anilines is 1. The maximum absolute atomic E-state index is 11.5. The molecule has 3 nitrogen and oxygen atoms in total. The van der Waals surface area contributed by atoms with Crippen molar-refractivity contribution in [3.8, 4) is 0 Å². The first kappa shape index (κ1) is 15.3. The Kier molecular flexibility index (Phi) is 5.61. The van der Waals surface area contributed by atoms with Crippen LogP contribution in [0.2, 0.25) is 0 Å². The van der Waals surface area contributed by atoms with Crippen molar-refractivity contribution in [2.75, 3.05) is 18.4 Å². The molecule has 19 heavy (non-hydrogen) atoms. The minimum Gasteiger partial charge on any atom is -0.384 e. The van der Waals surface area contributed by atoms with E-state index < -0.39 is 0 Å². The fourth-order valence-electron chi connectivity index (χ4n) is 1.88. The molecule has 0 saturated heterocycles. The van der Waals surface area contributed by atoms with Crippen molar-refractivity contribution in [2.45, 2.75) is 32.6 Å². The first-order valence-corrected chi connectivity index (χ1v) is 6.66. The van der Waals surface area contributed by atoms with Gasteiger partial charge in [0, 0.05) is 25.2 Å². The molecule has 0 unspecified atom stereocenters. The van der Waals surface area contributed by atoms with Gasteiger partial charge >= 0.3 is 0 Å². The molecule has 1 aromatic carbocycles. The highest BCUT2D eigenvalue weighted by Crippen LogP contribution is 2.28. The van der Waals surface area contributed by atoms with Gasteiger partial charge in [-0.3, -0.25) is 4.79 Å². The molecule has 0 saturated carbocycles. The normalized spacial score (nSPS) is 10.9. The lowest BCUT2D eigenvalue weighted by molar-refractivity contribution is -0.120. The smallest absolute Gasteiger partial charge is 0.222 e. The van der Waals surface area contributed by atoms with Crippen molar-refractivity contribution in [1.29, 1.82) is 0 Å². The van der Waals surface area contributed by atoms with E-state index in [-0.39, 0.29) is 11.3 Å². The molecule has 0 atom stereocenters. The van der Waals surface area contributed by atoms with E-state index in [9.17, 15) is 4.79 Å². The standard InChI is InChI=1S/C16H24N2O/c1-5-11-18-15(19)10-12-17-14-9-7-6-8-13(14)16(2,3)4/h5-9,17H,1,10-12H2,2-4H3,(H,18,19). The number of nitrogens with one attached hydrogen (secondary N) is 2. The van der Waals surface area contributed by atoms with Gasteiger partial charge in [-0.2, -0.15) is 0 Å². The van der Waals surface area contributed by atoms with E-state index in [1.165, 1.54) is 5.56 Å². The van der Waals surface area contributed by atoms with Gasteiger partial charge in [-0.1, -0.05) is 45.0 Å². The van der Waals surface area contributed by atoms with Gasteiger partial charge in [-0.15, -0.1) is 6.58 Å². The van der Waals surface area contributed by atoms with Gasteiger partial charge in [0.05, 0.1) is 0 Å². The number of carbonyl (C=O) groups is 1. The molecular weight excluding hydrogens is 236 g/mol. The van der Waals surface area contributed by atoms with E-state index in [4.69, 9.17) is 0 Å². The number of amides is 1. The molecule has 3 heteroatoms. The molecular formula is C16H24N2O. The van der Waals surface area contributed by atoms with Gasteiger partial charge in [-0.25, -0.2) is 0 Å². The van der Waals surface area contributed by atoms with Gasteiger partial charge in [0.2, 0.25) is 5.91 Å². The second-order valence-corrected chi connectivity index (χ2v) is 5.57. The Balaban J connectivity index is 2.54. The summed E-state index contributed by atoms with van der Waals surface area (Å²) in [7, 11) is 0. The second kappa shape index (κ2) is 6.98. The molecule has 104 valence electrons. The van der Waals surface area contributed by atoms with Crippen molar-refractivity contribution in [1.82, 2.24) is 5.32 Å². The Morgan fingerprint density at radius 3 is 2.63 bits per heavy atom. The van der Waals surface area contributed by atoms with Gasteiger partial charge in [0.1, 0.15) is 0 Å². The van der Waals surface area contributed by atoms with Crippen LogP contribution in [-0.4, -0.2) is 19.0 Å². The number of hydrogen-bond acceptors (Lipinski definition) is 2. The molecule has 0 heterocycles. The summed E-state index contributed by atoms with van der Waals surface area (Å²) in [5.41, 5.74) is 2.46. The second-order valence-electron chi connectivity index (χ2n) is 5.57. The van der Waals surface area contributed by atoms with Crippen LogP contribution in [0.5, 0.6) is 0 Å². The Hall–Kier alpha value is -1.77. The summed E-state index contributed by atoms with van der Waals surface area (Å²) in [6, 6.07) is 8.24. The topological polar surface area (TPSA) is 41.1 Å². The summed E-state index contributed by atoms with van der Waals surface area (Å²) in [4.78, 5) is 11.5. The summed E-state index contributed by atoms with van der Waals surface area (Å²) < 4.78 is 0. The van der Waals surface area contributed by atoms with Crippen LogP contribution in [0.25, 0.3) is 0 Å². The lowest BCUT2D eigenvalue weighted by Gasteiger charge is -2.23. The Morgan fingerprint density at radius 2 is 2.00 bits per heavy atom. The van der Waals surface area contributed by atoms with Gasteiger partial charge in [-0.05, 0) is 17.0 Å². The van der Waals surface area contributed by atoms with Crippen LogP contribution in [-0.2, 0) is 10.2 Å². The highest BCUT2D eigenvalue weighted by Gasteiger charge is 2.17. The van der Waals surface area contributed by atoms with Crippen LogP contribution in [0.15, 0.2) is 36.9 Å². The van der Waals surface area contributed by atoms with E-state index >= 15 is 0 Å². The van der Waals surface area contributed by atoms with Crippen molar-refractivity contribution in [3.63, 3.8) is 0 Å². The first-order valence-electron chi connectivity index (χ1n) is 6.66. The molecule has 1 aromatic rings. The number of para-hydroxylation sites is 1. The average molecular weight is 260 g/mol. The van der Waals surface area contributed by atoms with Crippen molar-refractivity contribution in [2.24, 2.45) is 0 Å². The zero-order chi connectivity index (χ0) is 14.3. The lowest BCUT2D eigenvalue weighted by atomic mass is 9.86. The molecule has 0 fully saturated rings. The number of carbonyl (C=O) groups excluding carboxylic acids is 1. The van der Waals surface area contributed by atoms with Crippen LogP contribution in [0, 0.1) is 0 Å². The molecule has 0 bridgehead atoms. The molecule has 0 radical (unpaired) electrons. The van der Waals surface area contributed by atoms with Crippen molar-refractivity contribution < 1.29 is 4.79 Å². The number of hydrogen-bond donors (Lipinski definition) is 2. The molecule has 1 rings (SSSR count). The van der Waals surface area contributed by atoms with Crippen LogP contribution in [0.3, 0.4) is 0 Å². The molecule has 0 aliphatic carbocycles. The van der Waals surface area contributed by atoms with Gasteiger partial charge in [0.25, 0.3) is 0 Å². The lowest BCUT2D eigenvalue weighted by Crippen LogP contribution is -2.25. The Bertz CT molecular complexity index is 433. The molecule has 0 aliphatic heterocycles. The monoisotopic (exact) mass is 260 g/mol. The number of benzene rings is 1. The molecule has 1 amide bonds. The van der Waals surface area contributed by atoms with E-state index in [0.29, 0.717) is 19.5 Å². The largest absolute Gasteiger partial charge is 0.384 e. The van der Waals surface area contributed by atoms with Gasteiger partial charge < -0.3 is 10.6 Å². The van der Waals surface area contributed by atoms with E-state index in [1.807, 2.05) is 12.1 Å². The summed E-state index contributed by atoms with van der Waals surface area (Å²) in [5.74, 6) is 0.0423. The third kappa shape index (κ3) is 5.16. The zero-order valence-electron chi connectivity index (χ0n) is 12.1. The summed E-state index contributed by atoms with van der Waals surface area (Å²) >= 11 is 0. The molecule has 0 spiro atoms.